The number of hydrogen-bond acceptors (Lipinski definition) is 8. The first kappa shape index (κ1) is 40.3. The lowest BCUT2D eigenvalue weighted by molar-refractivity contribution is -0.148. The van der Waals surface area contributed by atoms with Crippen LogP contribution in [0, 0.1) is 28.6 Å². The highest BCUT2D eigenvalue weighted by Gasteiger charge is 2.52. The average Bonchev–Trinajstić information content (AvgIpc) is 3.70. The van der Waals surface area contributed by atoms with Gasteiger partial charge < -0.3 is 20.9 Å². The topological polar surface area (TPSA) is 168 Å². The average molecular weight is 717 g/mol. The predicted octanol–water partition coefficient (Wildman–Crippen LogP) is 4.60. The Balaban J connectivity index is 1.54. The summed E-state index contributed by atoms with van der Waals surface area (Å²) in [5.41, 5.74) is -0.425. The lowest BCUT2D eigenvalue weighted by Gasteiger charge is -2.38. The van der Waals surface area contributed by atoms with Crippen molar-refractivity contribution in [3.05, 3.63) is 60.2 Å². The van der Waals surface area contributed by atoms with Crippen molar-refractivity contribution in [2.75, 3.05) is 6.54 Å². The van der Waals surface area contributed by atoms with Gasteiger partial charge in [-0.15, -0.1) is 0 Å². The van der Waals surface area contributed by atoms with E-state index >= 15 is 0 Å². The van der Waals surface area contributed by atoms with Crippen LogP contribution < -0.4 is 16.0 Å². The number of fused-ring (bicyclic) bond motifs is 1. The van der Waals surface area contributed by atoms with Crippen molar-refractivity contribution in [1.29, 1.82) is 0 Å². The number of Topliss-reactive ketones (excluding diaryl/α,β-unsaturated/α-hetero) is 2. The van der Waals surface area contributed by atoms with Gasteiger partial charge in [-0.1, -0.05) is 91.6 Å². The molecule has 2 aromatic rings. The number of nitrogens with one attached hydrogen (secondary N) is 3. The van der Waals surface area contributed by atoms with Crippen LogP contribution in [0.25, 0.3) is 0 Å². The van der Waals surface area contributed by atoms with E-state index in [1.807, 2.05) is 78.8 Å². The largest absolute Gasteiger partial charge is 0.344 e. The van der Waals surface area contributed by atoms with Crippen LogP contribution >= 0.6 is 0 Å². The van der Waals surface area contributed by atoms with Crippen LogP contribution in [0.3, 0.4) is 0 Å². The van der Waals surface area contributed by atoms with E-state index in [4.69, 9.17) is 0 Å². The minimum atomic E-state index is -1.05. The number of likely N-dealkylation sites (tertiary alicyclic amines) is 1. The van der Waals surface area contributed by atoms with E-state index in [2.05, 4.69) is 25.9 Å². The monoisotopic (exact) mass is 716 g/mol. The molecule has 4 amide bonds. The lowest BCUT2D eigenvalue weighted by atomic mass is 9.73. The SMILES string of the molecule is CCC[C@H](NC(=O)[C@@H]1[C@H]2CCC[C@H]2CN1C(=O)[C@@H](CC(=O)[C@@H](NC(=O)c1cnccn1)C(C)(C)C)C(C)(C)C)C(=O)C(=O)N[C@@H](C)c1ccccc1. The fourth-order valence-electron chi connectivity index (χ4n) is 7.62. The maximum Gasteiger partial charge on any atom is 0.290 e. The maximum absolute atomic E-state index is 14.7. The quantitative estimate of drug-likeness (QED) is 0.239. The first-order chi connectivity index (χ1) is 24.4. The smallest absolute Gasteiger partial charge is 0.290 e. The van der Waals surface area contributed by atoms with Gasteiger partial charge >= 0.3 is 0 Å². The summed E-state index contributed by atoms with van der Waals surface area (Å²) in [6.45, 7) is 15.3. The van der Waals surface area contributed by atoms with Crippen LogP contribution in [0.4, 0.5) is 0 Å². The van der Waals surface area contributed by atoms with Crippen LogP contribution in [0.1, 0.15) is 116 Å². The highest BCUT2D eigenvalue weighted by molar-refractivity contribution is 6.38. The zero-order valence-corrected chi connectivity index (χ0v) is 31.9. The summed E-state index contributed by atoms with van der Waals surface area (Å²) in [6.07, 6.45) is 7.40. The second kappa shape index (κ2) is 16.9. The number of nitrogens with zero attached hydrogens (tertiary/aromatic N) is 3. The van der Waals surface area contributed by atoms with Gasteiger partial charge in [-0.05, 0) is 54.4 Å². The number of aromatic nitrogens is 2. The van der Waals surface area contributed by atoms with Crippen LogP contribution in [-0.4, -0.2) is 74.7 Å². The first-order valence-corrected chi connectivity index (χ1v) is 18.5. The van der Waals surface area contributed by atoms with E-state index in [1.165, 1.54) is 18.6 Å². The molecule has 12 nitrogen and oxygen atoms in total. The standard InChI is InChI=1S/C40H56N6O6/c1-9-14-29(33(48)37(51)43-24(2)25-15-11-10-12-16-25)44-36(50)32-27-18-13-17-26(27)23-46(32)38(52)28(39(3,4)5)21-31(47)34(40(6,7)8)45-35(49)30-22-41-19-20-42-30/h10-12,15-16,19-20,22,24,26-29,32,34H,9,13-14,17-18,21,23H2,1-8H3,(H,43,51)(H,44,50)(H,45,49)/t24-,26-,27-,28+,29-,32-,34+/m0/s1. The van der Waals surface area contributed by atoms with E-state index in [9.17, 15) is 28.8 Å². The molecule has 7 atom stereocenters. The summed E-state index contributed by atoms with van der Waals surface area (Å²) in [5.74, 6) is -3.90. The number of hydrogen-bond donors (Lipinski definition) is 3. The van der Waals surface area contributed by atoms with Crippen molar-refractivity contribution in [3.63, 3.8) is 0 Å². The van der Waals surface area contributed by atoms with Gasteiger partial charge in [-0.25, -0.2) is 4.98 Å². The fourth-order valence-corrected chi connectivity index (χ4v) is 7.62. The molecule has 1 aliphatic carbocycles. The minimum absolute atomic E-state index is 0.0773. The van der Waals surface area contributed by atoms with Crippen molar-refractivity contribution < 1.29 is 28.8 Å². The van der Waals surface area contributed by atoms with E-state index in [0.29, 0.717) is 13.0 Å². The number of carbonyl (C=O) groups excluding carboxylic acids is 6. The number of carbonyl (C=O) groups is 6. The molecule has 0 spiro atoms. The molecular formula is C40H56N6O6. The highest BCUT2D eigenvalue weighted by atomic mass is 16.2. The summed E-state index contributed by atoms with van der Waals surface area (Å²) in [5, 5.41) is 8.47. The Morgan fingerprint density at radius 1 is 0.904 bits per heavy atom. The van der Waals surface area contributed by atoms with Crippen molar-refractivity contribution in [2.24, 2.45) is 28.6 Å². The molecule has 4 rings (SSSR count). The highest BCUT2D eigenvalue weighted by Crippen LogP contribution is 2.44. The third-order valence-corrected chi connectivity index (χ3v) is 10.5. The van der Waals surface area contributed by atoms with Gasteiger partial charge in [0.05, 0.1) is 24.3 Å². The molecule has 12 heteroatoms. The normalized spacial score (nSPS) is 20.9. The molecule has 2 fully saturated rings. The molecular weight excluding hydrogens is 660 g/mol. The summed E-state index contributed by atoms with van der Waals surface area (Å²) in [7, 11) is 0. The zero-order chi connectivity index (χ0) is 38.4. The number of rotatable bonds is 14. The molecule has 0 bridgehead atoms. The zero-order valence-electron chi connectivity index (χ0n) is 31.9. The molecule has 282 valence electrons. The van der Waals surface area contributed by atoms with E-state index in [0.717, 1.165) is 24.8 Å². The molecule has 0 unspecified atom stereocenters. The molecule has 3 N–H and O–H groups in total. The molecule has 52 heavy (non-hydrogen) atoms. The van der Waals surface area contributed by atoms with Crippen LogP contribution in [0.15, 0.2) is 48.9 Å². The van der Waals surface area contributed by atoms with E-state index < -0.39 is 64.4 Å². The van der Waals surface area contributed by atoms with Crippen LogP contribution in [-0.2, 0) is 24.0 Å². The van der Waals surface area contributed by atoms with E-state index in [-0.39, 0.29) is 42.1 Å². The second-order valence-corrected chi connectivity index (χ2v) is 16.6. The molecule has 1 aromatic carbocycles. The first-order valence-electron chi connectivity index (χ1n) is 18.5. The van der Waals surface area contributed by atoms with Crippen molar-refractivity contribution in [2.45, 2.75) is 118 Å². The van der Waals surface area contributed by atoms with Crippen molar-refractivity contribution >= 4 is 35.2 Å². The minimum Gasteiger partial charge on any atom is -0.344 e. The third kappa shape index (κ3) is 9.68. The number of amides is 4. The summed E-state index contributed by atoms with van der Waals surface area (Å²) < 4.78 is 0. The van der Waals surface area contributed by atoms with Gasteiger partial charge in [0.15, 0.2) is 5.78 Å². The predicted molar refractivity (Wildman–Crippen MR) is 196 cm³/mol. The molecule has 1 saturated carbocycles. The van der Waals surface area contributed by atoms with Gasteiger partial charge in [0.1, 0.15) is 11.7 Å². The Bertz CT molecular complexity index is 1600. The molecule has 2 aliphatic rings. The molecule has 0 radical (unpaired) electrons. The maximum atomic E-state index is 14.7. The van der Waals surface area contributed by atoms with Gasteiger partial charge in [-0.2, -0.15) is 0 Å². The van der Waals surface area contributed by atoms with Gasteiger partial charge in [0.25, 0.3) is 11.8 Å². The Labute approximate surface area is 307 Å². The van der Waals surface area contributed by atoms with Crippen molar-refractivity contribution in [1.82, 2.24) is 30.8 Å². The number of ketones is 2. The van der Waals surface area contributed by atoms with Crippen molar-refractivity contribution in [3.8, 4) is 0 Å². The van der Waals surface area contributed by atoms with Gasteiger partial charge in [-0.3, -0.25) is 33.8 Å². The summed E-state index contributed by atoms with van der Waals surface area (Å²) >= 11 is 0. The van der Waals surface area contributed by atoms with Crippen LogP contribution in [0.2, 0.25) is 0 Å². The molecule has 1 aromatic heterocycles. The lowest BCUT2D eigenvalue weighted by Crippen LogP contribution is -2.56. The molecule has 1 aliphatic heterocycles. The van der Waals surface area contributed by atoms with E-state index in [1.54, 1.807) is 11.8 Å². The van der Waals surface area contributed by atoms with Gasteiger partial charge in [0, 0.05) is 31.3 Å². The Morgan fingerprint density at radius 3 is 2.19 bits per heavy atom. The summed E-state index contributed by atoms with van der Waals surface area (Å²) in [6, 6.07) is 6.08. The van der Waals surface area contributed by atoms with Crippen LogP contribution in [0.5, 0.6) is 0 Å². The third-order valence-electron chi connectivity index (χ3n) is 10.5. The Kier molecular flexibility index (Phi) is 13.1. The number of benzene rings is 1. The Morgan fingerprint density at radius 2 is 1.60 bits per heavy atom. The molecule has 1 saturated heterocycles. The summed E-state index contributed by atoms with van der Waals surface area (Å²) in [4.78, 5) is 92.3. The molecule has 2 heterocycles. The fraction of sp³-hybridized carbons (Fsp3) is 0.600. The second-order valence-electron chi connectivity index (χ2n) is 16.6. The van der Waals surface area contributed by atoms with Gasteiger partial charge in [0.2, 0.25) is 17.6 Å². The Hall–Kier alpha value is -4.48.